The molecule has 0 radical (unpaired) electrons. The Labute approximate surface area is 144 Å². The Hall–Kier alpha value is -2.85. The van der Waals surface area contributed by atoms with Crippen LogP contribution in [0.25, 0.3) is 5.69 Å². The molecule has 0 unspecified atom stereocenters. The van der Waals surface area contributed by atoms with Crippen LogP contribution in [-0.4, -0.2) is 21.9 Å². The topological polar surface area (TPSA) is 54.6 Å². The average Bonchev–Trinajstić information content (AvgIpc) is 3.04. The van der Waals surface area contributed by atoms with Crippen LogP contribution in [-0.2, 0) is 0 Å². The quantitative estimate of drug-likeness (QED) is 0.689. The predicted molar refractivity (Wildman–Crippen MR) is 96.2 cm³/mol. The third-order valence-electron chi connectivity index (χ3n) is 3.66. The van der Waals surface area contributed by atoms with E-state index in [1.54, 1.807) is 24.4 Å². The Morgan fingerprint density at radius 1 is 1.17 bits per heavy atom. The third kappa shape index (κ3) is 3.39. The minimum atomic E-state index is -0.950. The van der Waals surface area contributed by atoms with Crippen molar-refractivity contribution in [2.24, 2.45) is 4.99 Å². The van der Waals surface area contributed by atoms with E-state index in [1.165, 1.54) is 0 Å². The normalized spacial score (nSPS) is 11.1. The third-order valence-corrected chi connectivity index (χ3v) is 3.89. The number of carbonyl (C=O) groups is 1. The number of carboxylic acid groups (broad SMARTS) is 1. The number of aliphatic imine (C=N–C) groups is 1. The summed E-state index contributed by atoms with van der Waals surface area (Å²) in [4.78, 5) is 15.6. The summed E-state index contributed by atoms with van der Waals surface area (Å²) in [5, 5.41) is 9.77. The molecule has 0 aliphatic rings. The van der Waals surface area contributed by atoms with E-state index in [9.17, 15) is 4.79 Å². The van der Waals surface area contributed by atoms with Gasteiger partial charge in [-0.25, -0.2) is 4.79 Å². The lowest BCUT2D eigenvalue weighted by Gasteiger charge is -2.07. The zero-order valence-electron chi connectivity index (χ0n) is 13.0. The van der Waals surface area contributed by atoms with Gasteiger partial charge in [-0.3, -0.25) is 4.99 Å². The Morgan fingerprint density at radius 2 is 2.00 bits per heavy atom. The second-order valence-electron chi connectivity index (χ2n) is 5.35. The van der Waals surface area contributed by atoms with Crippen LogP contribution in [0, 0.1) is 6.92 Å². The first kappa shape index (κ1) is 16.0. The summed E-state index contributed by atoms with van der Waals surface area (Å²) in [5.74, 6) is -0.950. The fourth-order valence-electron chi connectivity index (χ4n) is 2.38. The van der Waals surface area contributed by atoms with E-state index in [0.29, 0.717) is 5.02 Å². The maximum atomic E-state index is 11.1. The molecule has 0 saturated heterocycles. The molecule has 1 N–H and O–H groups in total. The highest BCUT2D eigenvalue weighted by Crippen LogP contribution is 2.23. The number of benzene rings is 2. The standard InChI is InChI=1S/C19H15ClN2O2/c1-13-7-8-15(20)11-18(13)21-12-17-6-3-9-22(17)16-5-2-4-14(10-16)19(23)24/h2-12H,1H3,(H,23,24). The maximum Gasteiger partial charge on any atom is 0.335 e. The highest BCUT2D eigenvalue weighted by Gasteiger charge is 2.06. The summed E-state index contributed by atoms with van der Waals surface area (Å²) in [7, 11) is 0. The van der Waals surface area contributed by atoms with Crippen LogP contribution < -0.4 is 0 Å². The summed E-state index contributed by atoms with van der Waals surface area (Å²) in [5.41, 5.74) is 3.69. The van der Waals surface area contributed by atoms with Crippen LogP contribution in [0.15, 0.2) is 65.8 Å². The van der Waals surface area contributed by atoms with Gasteiger partial charge in [0.1, 0.15) is 0 Å². The number of hydrogen-bond acceptors (Lipinski definition) is 2. The van der Waals surface area contributed by atoms with Crippen LogP contribution in [0.4, 0.5) is 5.69 Å². The molecule has 3 rings (SSSR count). The zero-order chi connectivity index (χ0) is 17.1. The Balaban J connectivity index is 1.96. The molecule has 0 fully saturated rings. The Bertz CT molecular complexity index is 929. The summed E-state index contributed by atoms with van der Waals surface area (Å²) >= 11 is 6.02. The molecule has 0 atom stereocenters. The highest BCUT2D eigenvalue weighted by molar-refractivity contribution is 6.30. The Kier molecular flexibility index (Phi) is 4.49. The van der Waals surface area contributed by atoms with E-state index < -0.39 is 5.97 Å². The second-order valence-corrected chi connectivity index (χ2v) is 5.78. The molecule has 0 amide bonds. The van der Waals surface area contributed by atoms with E-state index in [2.05, 4.69) is 4.99 Å². The second kappa shape index (κ2) is 6.72. The average molecular weight is 339 g/mol. The van der Waals surface area contributed by atoms with Crippen molar-refractivity contribution in [1.82, 2.24) is 4.57 Å². The molecule has 120 valence electrons. The van der Waals surface area contributed by atoms with Crippen LogP contribution in [0.5, 0.6) is 0 Å². The van der Waals surface area contributed by atoms with Crippen LogP contribution in [0.1, 0.15) is 21.6 Å². The first-order valence-corrected chi connectivity index (χ1v) is 7.74. The maximum absolute atomic E-state index is 11.1. The fraction of sp³-hybridized carbons (Fsp3) is 0.0526. The minimum Gasteiger partial charge on any atom is -0.478 e. The van der Waals surface area contributed by atoms with E-state index in [1.807, 2.05) is 54.1 Å². The molecule has 1 heterocycles. The molecule has 24 heavy (non-hydrogen) atoms. The van der Waals surface area contributed by atoms with Gasteiger partial charge in [0, 0.05) is 16.9 Å². The lowest BCUT2D eigenvalue weighted by molar-refractivity contribution is 0.0697. The van der Waals surface area contributed by atoms with Crippen molar-refractivity contribution >= 4 is 29.5 Å². The van der Waals surface area contributed by atoms with Crippen LogP contribution >= 0.6 is 11.6 Å². The number of hydrogen-bond donors (Lipinski definition) is 1. The molecular weight excluding hydrogens is 324 g/mol. The monoisotopic (exact) mass is 338 g/mol. The number of aromatic nitrogens is 1. The molecule has 0 aliphatic heterocycles. The zero-order valence-corrected chi connectivity index (χ0v) is 13.7. The summed E-state index contributed by atoms with van der Waals surface area (Å²) in [6.07, 6.45) is 3.61. The van der Waals surface area contributed by atoms with Gasteiger partial charge in [0.25, 0.3) is 0 Å². The van der Waals surface area contributed by atoms with Crippen LogP contribution in [0.2, 0.25) is 5.02 Å². The number of aromatic carboxylic acids is 1. The largest absolute Gasteiger partial charge is 0.478 e. The van der Waals surface area contributed by atoms with Crippen molar-refractivity contribution in [2.75, 3.05) is 0 Å². The SMILES string of the molecule is Cc1ccc(Cl)cc1N=Cc1cccn1-c1cccc(C(=O)O)c1. The van der Waals surface area contributed by atoms with Gasteiger partial charge in [-0.2, -0.15) is 0 Å². The van der Waals surface area contributed by atoms with E-state index in [4.69, 9.17) is 16.7 Å². The minimum absolute atomic E-state index is 0.245. The van der Waals surface area contributed by atoms with Crippen molar-refractivity contribution in [3.8, 4) is 5.69 Å². The van der Waals surface area contributed by atoms with Crippen molar-refractivity contribution < 1.29 is 9.90 Å². The Morgan fingerprint density at radius 3 is 2.79 bits per heavy atom. The summed E-state index contributed by atoms with van der Waals surface area (Å²) < 4.78 is 1.88. The number of rotatable bonds is 4. The highest BCUT2D eigenvalue weighted by atomic mass is 35.5. The predicted octanol–water partition coefficient (Wildman–Crippen LogP) is 4.89. The molecule has 1 aromatic heterocycles. The van der Waals surface area contributed by atoms with Gasteiger partial charge in [-0.15, -0.1) is 0 Å². The van der Waals surface area contributed by atoms with Crippen molar-refractivity contribution in [1.29, 1.82) is 0 Å². The van der Waals surface area contributed by atoms with Gasteiger partial charge in [0.15, 0.2) is 0 Å². The number of carboxylic acids is 1. The molecule has 4 nitrogen and oxygen atoms in total. The van der Waals surface area contributed by atoms with E-state index in [-0.39, 0.29) is 5.56 Å². The van der Waals surface area contributed by atoms with Gasteiger partial charge < -0.3 is 9.67 Å². The fourth-order valence-corrected chi connectivity index (χ4v) is 2.55. The van der Waals surface area contributed by atoms with Crippen molar-refractivity contribution in [2.45, 2.75) is 6.92 Å². The molecular formula is C19H15ClN2O2. The van der Waals surface area contributed by atoms with Gasteiger partial charge in [-0.05, 0) is 55.0 Å². The lowest BCUT2D eigenvalue weighted by Crippen LogP contribution is -2.01. The van der Waals surface area contributed by atoms with E-state index >= 15 is 0 Å². The molecule has 0 spiro atoms. The van der Waals surface area contributed by atoms with Crippen LogP contribution in [0.3, 0.4) is 0 Å². The molecule has 0 saturated carbocycles. The number of nitrogens with zero attached hydrogens (tertiary/aromatic N) is 2. The van der Waals surface area contributed by atoms with Gasteiger partial charge in [0.2, 0.25) is 0 Å². The van der Waals surface area contributed by atoms with Crippen molar-refractivity contribution in [3.05, 3.63) is 82.6 Å². The van der Waals surface area contributed by atoms with Crippen molar-refractivity contribution in [3.63, 3.8) is 0 Å². The molecule has 5 heteroatoms. The number of halogens is 1. The molecule has 0 aliphatic carbocycles. The smallest absolute Gasteiger partial charge is 0.335 e. The first-order chi connectivity index (χ1) is 11.5. The number of aryl methyl sites for hydroxylation is 1. The molecule has 0 bridgehead atoms. The molecule has 2 aromatic carbocycles. The molecule has 3 aromatic rings. The van der Waals surface area contributed by atoms with Gasteiger partial charge >= 0.3 is 5.97 Å². The van der Waals surface area contributed by atoms with Gasteiger partial charge in [0.05, 0.1) is 23.2 Å². The summed E-state index contributed by atoms with van der Waals surface area (Å²) in [6.45, 7) is 1.97. The van der Waals surface area contributed by atoms with Gasteiger partial charge in [-0.1, -0.05) is 23.7 Å². The lowest BCUT2D eigenvalue weighted by atomic mass is 10.2. The first-order valence-electron chi connectivity index (χ1n) is 7.36. The van der Waals surface area contributed by atoms with E-state index in [0.717, 1.165) is 22.6 Å². The summed E-state index contributed by atoms with van der Waals surface area (Å²) in [6, 6.07) is 16.1.